The van der Waals surface area contributed by atoms with Gasteiger partial charge in [0.2, 0.25) is 0 Å². The van der Waals surface area contributed by atoms with E-state index in [-0.39, 0.29) is 5.54 Å². The summed E-state index contributed by atoms with van der Waals surface area (Å²) in [6.07, 6.45) is 0.960. The SMILES string of the molecule is CN(OCCc1ccccc1)C(C)(C)C. The van der Waals surface area contributed by atoms with Crippen molar-refractivity contribution in [1.82, 2.24) is 5.06 Å². The molecule has 0 saturated heterocycles. The second-order valence-corrected chi connectivity index (χ2v) is 4.74. The van der Waals surface area contributed by atoms with E-state index in [0.717, 1.165) is 13.0 Å². The molecule has 2 heteroatoms. The standard InChI is InChI=1S/C13H21NO/c1-13(2,3)14(4)15-11-10-12-8-6-5-7-9-12/h5-9H,10-11H2,1-4H3. The fourth-order valence-corrected chi connectivity index (χ4v) is 1.14. The van der Waals surface area contributed by atoms with Crippen molar-refractivity contribution in [2.75, 3.05) is 13.7 Å². The highest BCUT2D eigenvalue weighted by Crippen LogP contribution is 2.11. The summed E-state index contributed by atoms with van der Waals surface area (Å²) in [6, 6.07) is 10.4. The van der Waals surface area contributed by atoms with Gasteiger partial charge in [-0.2, -0.15) is 5.06 Å². The van der Waals surface area contributed by atoms with Gasteiger partial charge in [0.05, 0.1) is 6.61 Å². The molecule has 0 aliphatic heterocycles. The largest absolute Gasteiger partial charge is 0.298 e. The van der Waals surface area contributed by atoms with Gasteiger partial charge in [-0.05, 0) is 32.8 Å². The molecule has 1 aromatic carbocycles. The van der Waals surface area contributed by atoms with Crippen molar-refractivity contribution in [1.29, 1.82) is 0 Å². The van der Waals surface area contributed by atoms with Crippen LogP contribution >= 0.6 is 0 Å². The fourth-order valence-electron chi connectivity index (χ4n) is 1.14. The molecule has 0 unspecified atom stereocenters. The maximum absolute atomic E-state index is 5.64. The lowest BCUT2D eigenvalue weighted by Crippen LogP contribution is -2.38. The number of hydroxylamine groups is 2. The van der Waals surface area contributed by atoms with Gasteiger partial charge in [0.1, 0.15) is 0 Å². The predicted molar refractivity (Wildman–Crippen MR) is 63.6 cm³/mol. The van der Waals surface area contributed by atoms with E-state index in [1.54, 1.807) is 0 Å². The first kappa shape index (κ1) is 12.2. The minimum Gasteiger partial charge on any atom is -0.298 e. The lowest BCUT2D eigenvalue weighted by molar-refractivity contribution is -0.190. The van der Waals surface area contributed by atoms with Gasteiger partial charge in [-0.15, -0.1) is 0 Å². The summed E-state index contributed by atoms with van der Waals surface area (Å²) >= 11 is 0. The van der Waals surface area contributed by atoms with Crippen LogP contribution in [0, 0.1) is 0 Å². The normalized spacial score (nSPS) is 12.1. The first-order valence-electron chi connectivity index (χ1n) is 5.41. The van der Waals surface area contributed by atoms with E-state index in [1.807, 2.05) is 18.2 Å². The Balaban J connectivity index is 2.28. The van der Waals surface area contributed by atoms with Gasteiger partial charge in [0, 0.05) is 12.6 Å². The molecular weight excluding hydrogens is 186 g/mol. The van der Waals surface area contributed by atoms with E-state index in [1.165, 1.54) is 5.56 Å². The third-order valence-corrected chi connectivity index (χ3v) is 2.46. The van der Waals surface area contributed by atoms with E-state index in [4.69, 9.17) is 4.84 Å². The first-order valence-corrected chi connectivity index (χ1v) is 5.41. The zero-order chi connectivity index (χ0) is 11.3. The van der Waals surface area contributed by atoms with Gasteiger partial charge in [-0.3, -0.25) is 4.84 Å². The van der Waals surface area contributed by atoms with E-state index < -0.39 is 0 Å². The average Bonchev–Trinajstić information content (AvgIpc) is 2.18. The molecule has 15 heavy (non-hydrogen) atoms. The van der Waals surface area contributed by atoms with Crippen LogP contribution in [0.2, 0.25) is 0 Å². The van der Waals surface area contributed by atoms with Crippen molar-refractivity contribution >= 4 is 0 Å². The third-order valence-electron chi connectivity index (χ3n) is 2.46. The second kappa shape index (κ2) is 5.29. The molecule has 0 amide bonds. The number of rotatable bonds is 4. The molecule has 0 radical (unpaired) electrons. The van der Waals surface area contributed by atoms with E-state index in [9.17, 15) is 0 Å². The maximum Gasteiger partial charge on any atom is 0.0725 e. The van der Waals surface area contributed by atoms with Gasteiger partial charge in [-0.1, -0.05) is 30.3 Å². The van der Waals surface area contributed by atoms with Gasteiger partial charge in [0.15, 0.2) is 0 Å². The van der Waals surface area contributed by atoms with Crippen molar-refractivity contribution < 1.29 is 4.84 Å². The topological polar surface area (TPSA) is 12.5 Å². The molecule has 1 aromatic rings. The summed E-state index contributed by atoms with van der Waals surface area (Å²) in [5, 5.41) is 1.91. The summed E-state index contributed by atoms with van der Waals surface area (Å²) in [4.78, 5) is 5.64. The van der Waals surface area contributed by atoms with Crippen LogP contribution in [0.15, 0.2) is 30.3 Å². The fraction of sp³-hybridized carbons (Fsp3) is 0.538. The van der Waals surface area contributed by atoms with Gasteiger partial charge in [0.25, 0.3) is 0 Å². The molecule has 0 aliphatic rings. The Labute approximate surface area is 92.8 Å². The molecule has 0 bridgehead atoms. The quantitative estimate of drug-likeness (QED) is 0.704. The molecule has 0 N–H and O–H groups in total. The summed E-state index contributed by atoms with van der Waals surface area (Å²) in [5.41, 5.74) is 1.39. The second-order valence-electron chi connectivity index (χ2n) is 4.74. The molecule has 2 nitrogen and oxygen atoms in total. The number of hydrogen-bond acceptors (Lipinski definition) is 2. The van der Waals surface area contributed by atoms with Crippen molar-refractivity contribution in [3.05, 3.63) is 35.9 Å². The Kier molecular flexibility index (Phi) is 4.30. The Hall–Kier alpha value is -0.860. The van der Waals surface area contributed by atoms with Crippen molar-refractivity contribution in [3.8, 4) is 0 Å². The van der Waals surface area contributed by atoms with Crippen LogP contribution in [-0.2, 0) is 11.3 Å². The number of hydrogen-bond donors (Lipinski definition) is 0. The van der Waals surface area contributed by atoms with Gasteiger partial charge >= 0.3 is 0 Å². The minimum atomic E-state index is 0.0662. The predicted octanol–water partition coefficient (Wildman–Crippen LogP) is 2.89. The van der Waals surface area contributed by atoms with Crippen LogP contribution in [0.25, 0.3) is 0 Å². The van der Waals surface area contributed by atoms with E-state index in [0.29, 0.717) is 0 Å². The summed E-state index contributed by atoms with van der Waals surface area (Å²) in [7, 11) is 1.98. The third kappa shape index (κ3) is 4.45. The Morgan fingerprint density at radius 2 is 1.73 bits per heavy atom. The van der Waals surface area contributed by atoms with E-state index >= 15 is 0 Å². The maximum atomic E-state index is 5.64. The minimum absolute atomic E-state index is 0.0662. The van der Waals surface area contributed by atoms with Crippen LogP contribution in [0.3, 0.4) is 0 Å². The van der Waals surface area contributed by atoms with Crippen molar-refractivity contribution in [2.45, 2.75) is 32.7 Å². The molecule has 0 saturated carbocycles. The van der Waals surface area contributed by atoms with Crippen molar-refractivity contribution in [2.24, 2.45) is 0 Å². The van der Waals surface area contributed by atoms with Crippen LogP contribution in [-0.4, -0.2) is 24.3 Å². The van der Waals surface area contributed by atoms with E-state index in [2.05, 4.69) is 45.0 Å². The summed E-state index contributed by atoms with van der Waals surface area (Å²) in [5.74, 6) is 0. The number of nitrogens with zero attached hydrogens (tertiary/aromatic N) is 1. The smallest absolute Gasteiger partial charge is 0.0725 e. The van der Waals surface area contributed by atoms with Gasteiger partial charge < -0.3 is 0 Å². The van der Waals surface area contributed by atoms with Gasteiger partial charge in [-0.25, -0.2) is 0 Å². The molecule has 0 atom stereocenters. The van der Waals surface area contributed by atoms with Crippen LogP contribution in [0.1, 0.15) is 26.3 Å². The number of benzene rings is 1. The highest BCUT2D eigenvalue weighted by atomic mass is 16.7. The van der Waals surface area contributed by atoms with Crippen LogP contribution < -0.4 is 0 Å². The zero-order valence-electron chi connectivity index (χ0n) is 10.2. The van der Waals surface area contributed by atoms with Crippen LogP contribution in [0.4, 0.5) is 0 Å². The lowest BCUT2D eigenvalue weighted by Gasteiger charge is -2.30. The molecule has 1 rings (SSSR count). The molecule has 0 spiro atoms. The average molecular weight is 207 g/mol. The summed E-state index contributed by atoms with van der Waals surface area (Å²) in [6.45, 7) is 7.14. The summed E-state index contributed by atoms with van der Waals surface area (Å²) < 4.78 is 0. The molecule has 0 aliphatic carbocycles. The Bertz CT molecular complexity index is 276. The zero-order valence-corrected chi connectivity index (χ0v) is 10.2. The Morgan fingerprint density at radius 1 is 1.13 bits per heavy atom. The highest BCUT2D eigenvalue weighted by molar-refractivity contribution is 5.14. The monoisotopic (exact) mass is 207 g/mol. The highest BCUT2D eigenvalue weighted by Gasteiger charge is 2.17. The molecule has 0 aromatic heterocycles. The van der Waals surface area contributed by atoms with Crippen molar-refractivity contribution in [3.63, 3.8) is 0 Å². The molecular formula is C13H21NO. The molecule has 0 heterocycles. The molecule has 84 valence electrons. The Morgan fingerprint density at radius 3 is 2.27 bits per heavy atom. The molecule has 0 fully saturated rings. The lowest BCUT2D eigenvalue weighted by atomic mass is 10.1. The first-order chi connectivity index (χ1) is 7.00. The van der Waals surface area contributed by atoms with Crippen LogP contribution in [0.5, 0.6) is 0 Å².